The number of aryl methyl sites for hydroxylation is 2. The lowest BCUT2D eigenvalue weighted by molar-refractivity contribution is 0.170. The second kappa shape index (κ2) is 9.50. The van der Waals surface area contributed by atoms with Gasteiger partial charge in [0.1, 0.15) is 5.82 Å². The number of rotatable bonds is 7. The first-order valence-corrected chi connectivity index (χ1v) is 13.9. The Morgan fingerprint density at radius 2 is 1.88 bits per heavy atom. The minimum Gasteiger partial charge on any atom is -0.382 e. The average Bonchev–Trinajstić information content (AvgIpc) is 3.06. The SMILES string of the molecule is CNc1nc(C2CCC(C)(C)C(NS(=O)(=O)c3sc(C)nc3C)C2)ccc1NCC(C)(C)C. The van der Waals surface area contributed by atoms with E-state index in [0.29, 0.717) is 16.3 Å². The highest BCUT2D eigenvalue weighted by molar-refractivity contribution is 7.91. The molecule has 0 aliphatic heterocycles. The van der Waals surface area contributed by atoms with Gasteiger partial charge < -0.3 is 10.6 Å². The Kier molecular flexibility index (Phi) is 7.46. The molecule has 0 saturated heterocycles. The Hall–Kier alpha value is -1.71. The maximum atomic E-state index is 13.2. The van der Waals surface area contributed by atoms with Crippen molar-refractivity contribution in [1.29, 1.82) is 0 Å². The number of sulfonamides is 1. The molecular weight excluding hydrogens is 454 g/mol. The molecule has 3 rings (SSSR count). The predicted octanol–water partition coefficient (Wildman–Crippen LogP) is 5.30. The van der Waals surface area contributed by atoms with Gasteiger partial charge in [-0.05, 0) is 56.1 Å². The summed E-state index contributed by atoms with van der Waals surface area (Å²) in [5.41, 5.74) is 2.58. The molecule has 1 aliphatic carbocycles. The van der Waals surface area contributed by atoms with Gasteiger partial charge in [0.2, 0.25) is 0 Å². The van der Waals surface area contributed by atoms with Crippen molar-refractivity contribution in [1.82, 2.24) is 14.7 Å². The summed E-state index contributed by atoms with van der Waals surface area (Å²) in [5.74, 6) is 1.02. The number of aromatic nitrogens is 2. The predicted molar refractivity (Wildman–Crippen MR) is 138 cm³/mol. The molecule has 2 unspecified atom stereocenters. The van der Waals surface area contributed by atoms with Crippen LogP contribution < -0.4 is 15.4 Å². The molecule has 9 heteroatoms. The van der Waals surface area contributed by atoms with Crippen LogP contribution >= 0.6 is 11.3 Å². The van der Waals surface area contributed by atoms with Crippen LogP contribution in [-0.4, -0.2) is 38.0 Å². The molecule has 33 heavy (non-hydrogen) atoms. The second-order valence-corrected chi connectivity index (χ2v) is 14.1. The minimum atomic E-state index is -3.62. The number of nitrogens with one attached hydrogen (secondary N) is 3. The van der Waals surface area contributed by atoms with Crippen LogP contribution in [0.15, 0.2) is 16.3 Å². The number of hydrogen-bond acceptors (Lipinski definition) is 7. The molecule has 1 saturated carbocycles. The van der Waals surface area contributed by atoms with Crippen molar-refractivity contribution in [3.05, 3.63) is 28.5 Å². The van der Waals surface area contributed by atoms with Gasteiger partial charge in [-0.3, -0.25) is 0 Å². The molecular formula is C24H39N5O2S2. The maximum Gasteiger partial charge on any atom is 0.252 e. The molecule has 1 aliphatic rings. The van der Waals surface area contributed by atoms with E-state index in [0.717, 1.165) is 41.6 Å². The van der Waals surface area contributed by atoms with Crippen LogP contribution in [0.4, 0.5) is 11.5 Å². The smallest absolute Gasteiger partial charge is 0.252 e. The normalized spacial score (nSPS) is 21.1. The monoisotopic (exact) mass is 493 g/mol. The zero-order valence-corrected chi connectivity index (χ0v) is 22.8. The van der Waals surface area contributed by atoms with E-state index in [4.69, 9.17) is 4.98 Å². The highest BCUT2D eigenvalue weighted by Crippen LogP contribution is 2.43. The lowest BCUT2D eigenvalue weighted by Gasteiger charge is -2.42. The Bertz CT molecular complexity index is 1090. The van der Waals surface area contributed by atoms with Crippen molar-refractivity contribution in [3.8, 4) is 0 Å². The molecule has 0 radical (unpaired) electrons. The van der Waals surface area contributed by atoms with E-state index >= 15 is 0 Å². The topological polar surface area (TPSA) is 96.0 Å². The van der Waals surface area contributed by atoms with E-state index in [1.165, 1.54) is 11.3 Å². The number of hydrogen-bond donors (Lipinski definition) is 3. The summed E-state index contributed by atoms with van der Waals surface area (Å²) in [6, 6.07) is 3.99. The molecule has 3 N–H and O–H groups in total. The first-order valence-electron chi connectivity index (χ1n) is 11.6. The Labute approximate surface area is 203 Å². The van der Waals surface area contributed by atoms with Crippen molar-refractivity contribution in [2.75, 3.05) is 24.2 Å². The standard InChI is InChI=1S/C24H39N5O2S2/c1-15-22(32-16(2)27-15)33(30,31)29-20-13-17(11-12-24(20,6)7)18-9-10-19(21(25-8)28-18)26-14-23(3,4)5/h9-10,17,20,26,29H,11-14H2,1-8H3,(H,25,28). The minimum absolute atomic E-state index is 0.142. The van der Waals surface area contributed by atoms with E-state index in [1.54, 1.807) is 6.92 Å². The third-order valence-corrected chi connectivity index (χ3v) is 9.54. The molecule has 2 aromatic heterocycles. The fourth-order valence-corrected chi connectivity index (χ4v) is 7.24. The van der Waals surface area contributed by atoms with Gasteiger partial charge in [0, 0.05) is 31.2 Å². The maximum absolute atomic E-state index is 13.2. The zero-order chi connectivity index (χ0) is 24.6. The van der Waals surface area contributed by atoms with Gasteiger partial charge >= 0.3 is 0 Å². The van der Waals surface area contributed by atoms with Crippen LogP contribution in [0.3, 0.4) is 0 Å². The number of anilines is 2. The molecule has 0 bridgehead atoms. The van der Waals surface area contributed by atoms with Gasteiger partial charge in [-0.25, -0.2) is 23.1 Å². The molecule has 0 amide bonds. The van der Waals surface area contributed by atoms with Crippen LogP contribution in [0.1, 0.15) is 76.2 Å². The van der Waals surface area contributed by atoms with Gasteiger partial charge in [0.15, 0.2) is 4.21 Å². The summed E-state index contributed by atoms with van der Waals surface area (Å²) in [4.78, 5) is 9.21. The van der Waals surface area contributed by atoms with Gasteiger partial charge in [-0.15, -0.1) is 11.3 Å². The Morgan fingerprint density at radius 3 is 2.45 bits per heavy atom. The zero-order valence-electron chi connectivity index (χ0n) is 21.2. The van der Waals surface area contributed by atoms with Gasteiger partial charge in [0.05, 0.1) is 16.4 Å². The summed E-state index contributed by atoms with van der Waals surface area (Å²) < 4.78 is 29.7. The van der Waals surface area contributed by atoms with E-state index in [9.17, 15) is 8.42 Å². The third-order valence-electron chi connectivity index (χ3n) is 6.38. The molecule has 0 spiro atoms. The molecule has 2 heterocycles. The molecule has 184 valence electrons. The first kappa shape index (κ1) is 25.9. The highest BCUT2D eigenvalue weighted by Gasteiger charge is 2.40. The van der Waals surface area contributed by atoms with Gasteiger partial charge in [-0.1, -0.05) is 34.6 Å². The fourth-order valence-electron chi connectivity index (χ4n) is 4.32. The van der Waals surface area contributed by atoms with Crippen LogP contribution in [0.2, 0.25) is 0 Å². The quantitative estimate of drug-likeness (QED) is 0.485. The van der Waals surface area contributed by atoms with Crippen molar-refractivity contribution < 1.29 is 8.42 Å². The van der Waals surface area contributed by atoms with Crippen molar-refractivity contribution in [2.45, 2.75) is 83.9 Å². The molecule has 2 atom stereocenters. The van der Waals surface area contributed by atoms with E-state index in [2.05, 4.69) is 67.1 Å². The number of thiazole rings is 1. The van der Waals surface area contributed by atoms with E-state index < -0.39 is 10.0 Å². The lowest BCUT2D eigenvalue weighted by Crippen LogP contribution is -2.48. The highest BCUT2D eigenvalue weighted by atomic mass is 32.2. The third kappa shape index (κ3) is 6.25. The molecule has 7 nitrogen and oxygen atoms in total. The average molecular weight is 494 g/mol. The van der Waals surface area contributed by atoms with Crippen molar-refractivity contribution >= 4 is 32.9 Å². The van der Waals surface area contributed by atoms with Crippen molar-refractivity contribution in [3.63, 3.8) is 0 Å². The van der Waals surface area contributed by atoms with Crippen LogP contribution in [0.25, 0.3) is 0 Å². The summed E-state index contributed by atoms with van der Waals surface area (Å²) in [6.45, 7) is 15.3. The molecule has 2 aromatic rings. The number of nitrogens with zero attached hydrogens (tertiary/aromatic N) is 2. The molecule has 1 fully saturated rings. The first-order chi connectivity index (χ1) is 15.2. The lowest BCUT2D eigenvalue weighted by atomic mass is 9.69. The fraction of sp³-hybridized carbons (Fsp3) is 0.667. The summed E-state index contributed by atoms with van der Waals surface area (Å²) >= 11 is 1.23. The summed E-state index contributed by atoms with van der Waals surface area (Å²) in [5, 5.41) is 7.47. The van der Waals surface area contributed by atoms with Crippen molar-refractivity contribution in [2.24, 2.45) is 10.8 Å². The van der Waals surface area contributed by atoms with Gasteiger partial charge in [0.25, 0.3) is 10.0 Å². The van der Waals surface area contributed by atoms with Crippen LogP contribution in [0, 0.1) is 24.7 Å². The Balaban J connectivity index is 1.81. The summed E-state index contributed by atoms with van der Waals surface area (Å²) in [6.07, 6.45) is 2.62. The van der Waals surface area contributed by atoms with E-state index in [-0.39, 0.29) is 22.8 Å². The Morgan fingerprint density at radius 1 is 1.18 bits per heavy atom. The van der Waals surface area contributed by atoms with E-state index in [1.807, 2.05) is 14.0 Å². The largest absolute Gasteiger partial charge is 0.382 e. The van der Waals surface area contributed by atoms with Gasteiger partial charge in [-0.2, -0.15) is 0 Å². The summed E-state index contributed by atoms with van der Waals surface area (Å²) in [7, 11) is -1.74. The molecule has 0 aromatic carbocycles. The number of pyridine rings is 1. The second-order valence-electron chi connectivity index (χ2n) is 11.0. The van der Waals surface area contributed by atoms with Crippen LogP contribution in [-0.2, 0) is 10.0 Å². The van der Waals surface area contributed by atoms with Crippen LogP contribution in [0.5, 0.6) is 0 Å².